The molecule has 1 heteroatoms. The standard InChI is InChI=1S/2C7H7.Cd/c2*1-7-5-3-2-4-6-7;/h2*3-6H,1H3;. The molecule has 0 spiro atoms. The first-order chi connectivity index (χ1) is 7.24. The fraction of sp³-hybridized carbons (Fsp3) is 0.143. The van der Waals surface area contributed by atoms with Crippen LogP contribution in [-0.2, 0) is 24.2 Å². The first-order valence-corrected chi connectivity index (χ1v) is 9.39. The van der Waals surface area contributed by atoms with Crippen LogP contribution in [0.2, 0.25) is 0 Å². The summed E-state index contributed by atoms with van der Waals surface area (Å²) in [5.74, 6) is 0. The van der Waals surface area contributed by atoms with Crippen LogP contribution in [0.1, 0.15) is 11.1 Å². The molecule has 0 aliphatic heterocycles. The van der Waals surface area contributed by atoms with Crippen molar-refractivity contribution < 1.29 is 24.2 Å². The molecule has 72 valence electrons. The molecule has 0 aliphatic carbocycles. The van der Waals surface area contributed by atoms with Crippen LogP contribution >= 0.6 is 0 Å². The molecule has 0 radical (unpaired) electrons. The van der Waals surface area contributed by atoms with Gasteiger partial charge >= 0.3 is 104 Å². The van der Waals surface area contributed by atoms with Crippen molar-refractivity contribution in [3.63, 3.8) is 0 Å². The number of benzene rings is 2. The van der Waals surface area contributed by atoms with Crippen molar-refractivity contribution in [3.05, 3.63) is 59.7 Å². The van der Waals surface area contributed by atoms with Crippen LogP contribution in [0.4, 0.5) is 0 Å². The van der Waals surface area contributed by atoms with E-state index >= 15 is 0 Å². The van der Waals surface area contributed by atoms with Gasteiger partial charge in [0, 0.05) is 0 Å². The molecule has 0 unspecified atom stereocenters. The molecular weight excluding hydrogens is 281 g/mol. The summed E-state index contributed by atoms with van der Waals surface area (Å²) in [4.78, 5) is 0. The molecule has 0 saturated heterocycles. The Labute approximate surface area is 104 Å². The molecule has 2 rings (SSSR count). The van der Waals surface area contributed by atoms with E-state index in [2.05, 4.69) is 62.4 Å². The maximum absolute atomic E-state index is 2.30. The van der Waals surface area contributed by atoms with Crippen LogP contribution in [0.25, 0.3) is 0 Å². The van der Waals surface area contributed by atoms with Crippen molar-refractivity contribution in [2.75, 3.05) is 0 Å². The van der Waals surface area contributed by atoms with Gasteiger partial charge in [0.25, 0.3) is 0 Å². The van der Waals surface area contributed by atoms with Crippen LogP contribution in [0.15, 0.2) is 48.5 Å². The van der Waals surface area contributed by atoms with Crippen molar-refractivity contribution in [1.29, 1.82) is 0 Å². The summed E-state index contributed by atoms with van der Waals surface area (Å²) in [6, 6.07) is 18.1. The molecule has 0 atom stereocenters. The topological polar surface area (TPSA) is 0 Å². The Balaban J connectivity index is 2.15. The van der Waals surface area contributed by atoms with Crippen molar-refractivity contribution >= 4 is 6.25 Å². The van der Waals surface area contributed by atoms with E-state index in [1.807, 2.05) is 0 Å². The Morgan fingerprint density at radius 2 is 0.933 bits per heavy atom. The van der Waals surface area contributed by atoms with Crippen LogP contribution in [0.3, 0.4) is 0 Å². The van der Waals surface area contributed by atoms with Crippen LogP contribution in [0, 0.1) is 13.8 Å². The zero-order valence-electron chi connectivity index (χ0n) is 9.33. The van der Waals surface area contributed by atoms with Gasteiger partial charge in [-0.1, -0.05) is 0 Å². The monoisotopic (exact) mass is 296 g/mol. The van der Waals surface area contributed by atoms with E-state index in [1.54, 1.807) is 6.25 Å². The molecule has 0 nitrogen and oxygen atoms in total. The van der Waals surface area contributed by atoms with Gasteiger partial charge in [0.05, 0.1) is 0 Å². The molecular formula is C14H14Cd. The molecule has 2 aromatic rings. The van der Waals surface area contributed by atoms with E-state index in [4.69, 9.17) is 0 Å². The summed E-state index contributed by atoms with van der Waals surface area (Å²) in [5.41, 5.74) is 2.71. The fourth-order valence-corrected chi connectivity index (χ4v) is 5.68. The fourth-order valence-electron chi connectivity index (χ4n) is 1.65. The van der Waals surface area contributed by atoms with Gasteiger partial charge in [-0.05, 0) is 0 Å². The summed E-state index contributed by atoms with van der Waals surface area (Å²) in [6.45, 7) is 4.29. The van der Waals surface area contributed by atoms with Gasteiger partial charge in [-0.3, -0.25) is 0 Å². The Morgan fingerprint density at radius 3 is 1.27 bits per heavy atom. The minimum atomic E-state index is -0.929. The quantitative estimate of drug-likeness (QED) is 0.746. The van der Waals surface area contributed by atoms with E-state index in [0.717, 1.165) is 0 Å². The molecule has 0 aliphatic rings. The third-order valence-electron chi connectivity index (χ3n) is 2.65. The molecule has 0 aromatic heterocycles. The van der Waals surface area contributed by atoms with Gasteiger partial charge in [0.15, 0.2) is 0 Å². The van der Waals surface area contributed by atoms with Crippen molar-refractivity contribution in [1.82, 2.24) is 0 Å². The summed E-state index contributed by atoms with van der Waals surface area (Å²) in [6.07, 6.45) is 0. The van der Waals surface area contributed by atoms with Gasteiger partial charge in [-0.25, -0.2) is 0 Å². The van der Waals surface area contributed by atoms with Crippen molar-refractivity contribution in [2.24, 2.45) is 0 Å². The molecule has 2 aromatic carbocycles. The predicted octanol–water partition coefficient (Wildman–Crippen LogP) is 2.34. The number of hydrogen-bond donors (Lipinski definition) is 0. The second-order valence-corrected chi connectivity index (χ2v) is 9.82. The maximum atomic E-state index is 2.30. The minimum absolute atomic E-state index is 0.929. The average molecular weight is 295 g/mol. The van der Waals surface area contributed by atoms with E-state index in [9.17, 15) is 0 Å². The molecule has 0 bridgehead atoms. The Bertz CT molecular complexity index is 382. The van der Waals surface area contributed by atoms with Crippen LogP contribution in [0.5, 0.6) is 0 Å². The Kier molecular flexibility index (Phi) is 3.57. The summed E-state index contributed by atoms with van der Waals surface area (Å²) in [5, 5.41) is 0. The molecule has 0 N–H and O–H groups in total. The zero-order valence-corrected chi connectivity index (χ0v) is 13.4. The normalized spacial score (nSPS) is 9.73. The average Bonchev–Trinajstić information content (AvgIpc) is 2.25. The van der Waals surface area contributed by atoms with Crippen molar-refractivity contribution in [3.8, 4) is 0 Å². The van der Waals surface area contributed by atoms with E-state index in [1.165, 1.54) is 11.1 Å². The van der Waals surface area contributed by atoms with E-state index < -0.39 is 24.2 Å². The second kappa shape index (κ2) is 4.93. The van der Waals surface area contributed by atoms with Crippen molar-refractivity contribution in [2.45, 2.75) is 13.8 Å². The summed E-state index contributed by atoms with van der Waals surface area (Å²) in [7, 11) is 0. The van der Waals surface area contributed by atoms with Crippen LogP contribution < -0.4 is 6.25 Å². The zero-order chi connectivity index (χ0) is 10.7. The molecule has 0 heterocycles. The van der Waals surface area contributed by atoms with Gasteiger partial charge in [0.1, 0.15) is 0 Å². The number of hydrogen-bond acceptors (Lipinski definition) is 0. The summed E-state index contributed by atoms with van der Waals surface area (Å²) < 4.78 is 3.18. The SMILES string of the molecule is Cc1cc[c]([Cd][c]2ccc(C)cc2)cc1. The van der Waals surface area contributed by atoms with E-state index in [0.29, 0.717) is 0 Å². The summed E-state index contributed by atoms with van der Waals surface area (Å²) >= 11 is -0.929. The first-order valence-electron chi connectivity index (χ1n) is 5.35. The molecule has 0 amide bonds. The van der Waals surface area contributed by atoms with Gasteiger partial charge in [-0.2, -0.15) is 0 Å². The third-order valence-corrected chi connectivity index (χ3v) is 7.67. The third kappa shape index (κ3) is 3.16. The van der Waals surface area contributed by atoms with Crippen LogP contribution in [-0.4, -0.2) is 0 Å². The van der Waals surface area contributed by atoms with Gasteiger partial charge in [0.2, 0.25) is 0 Å². The predicted molar refractivity (Wildman–Crippen MR) is 61.6 cm³/mol. The Morgan fingerprint density at radius 1 is 0.600 bits per heavy atom. The number of rotatable bonds is 2. The molecule has 0 saturated carbocycles. The van der Waals surface area contributed by atoms with Gasteiger partial charge in [-0.15, -0.1) is 0 Å². The second-order valence-electron chi connectivity index (χ2n) is 4.15. The molecule has 15 heavy (non-hydrogen) atoms. The van der Waals surface area contributed by atoms with Gasteiger partial charge < -0.3 is 0 Å². The number of aryl methyl sites for hydroxylation is 2. The molecule has 0 fully saturated rings. The van der Waals surface area contributed by atoms with E-state index in [-0.39, 0.29) is 0 Å². The first kappa shape index (κ1) is 10.9. The Hall–Kier alpha value is -0.638.